The third-order valence-corrected chi connectivity index (χ3v) is 7.56. The van der Waals surface area contributed by atoms with Crippen LogP contribution in [0.1, 0.15) is 40.0 Å². The van der Waals surface area contributed by atoms with Gasteiger partial charge < -0.3 is 4.43 Å². The lowest BCUT2D eigenvalue weighted by Gasteiger charge is -2.39. The van der Waals surface area contributed by atoms with Gasteiger partial charge in [-0.1, -0.05) is 87.9 Å². The Balaban J connectivity index is 1.88. The van der Waals surface area contributed by atoms with Crippen LogP contribution >= 0.6 is 0 Å². The van der Waals surface area contributed by atoms with E-state index in [0.29, 0.717) is 17.9 Å². The van der Waals surface area contributed by atoms with Crippen LogP contribution in [0.2, 0.25) is 0 Å². The first-order valence-electron chi connectivity index (χ1n) is 9.29. The summed E-state index contributed by atoms with van der Waals surface area (Å²) in [7, 11) is -1.19. The van der Waals surface area contributed by atoms with E-state index in [9.17, 15) is 0 Å². The lowest BCUT2D eigenvalue weighted by atomic mass is 9.75. The third-order valence-electron chi connectivity index (χ3n) is 5.30. The molecule has 1 radical (unpaired) electrons. The van der Waals surface area contributed by atoms with E-state index in [1.165, 1.54) is 29.6 Å². The SMILES string of the molecule is CC(C)[C@@H]1CC[C@@H](C)C[C@H]1O[Si](c1ccccc1)c1ccccc1. The van der Waals surface area contributed by atoms with Crippen LogP contribution < -0.4 is 10.4 Å². The van der Waals surface area contributed by atoms with Crippen LogP contribution in [-0.4, -0.2) is 15.1 Å². The number of benzene rings is 2. The maximum atomic E-state index is 6.91. The molecule has 127 valence electrons. The smallest absolute Gasteiger partial charge is 0.283 e. The van der Waals surface area contributed by atoms with Crippen LogP contribution in [-0.2, 0) is 4.43 Å². The van der Waals surface area contributed by atoms with Crippen molar-refractivity contribution in [2.45, 2.75) is 46.1 Å². The molecule has 2 aromatic rings. The van der Waals surface area contributed by atoms with Crippen molar-refractivity contribution in [1.82, 2.24) is 0 Å². The lowest BCUT2D eigenvalue weighted by Crippen LogP contribution is -2.50. The molecule has 1 nitrogen and oxygen atoms in total. The Labute approximate surface area is 148 Å². The molecule has 1 aliphatic rings. The van der Waals surface area contributed by atoms with Gasteiger partial charge in [-0.25, -0.2) is 0 Å². The molecule has 3 rings (SSSR count). The summed E-state index contributed by atoms with van der Waals surface area (Å²) in [6.07, 6.45) is 4.25. The highest BCUT2D eigenvalue weighted by Crippen LogP contribution is 2.35. The summed E-state index contributed by atoms with van der Waals surface area (Å²) in [6, 6.07) is 21.7. The topological polar surface area (TPSA) is 9.23 Å². The van der Waals surface area contributed by atoms with E-state index in [4.69, 9.17) is 4.43 Å². The Morgan fingerprint density at radius 3 is 1.92 bits per heavy atom. The summed E-state index contributed by atoms with van der Waals surface area (Å²) in [6.45, 7) is 7.09. The fourth-order valence-electron chi connectivity index (χ4n) is 3.88. The highest BCUT2D eigenvalue weighted by molar-refractivity contribution is 6.80. The van der Waals surface area contributed by atoms with E-state index in [2.05, 4.69) is 81.4 Å². The molecule has 2 aromatic carbocycles. The van der Waals surface area contributed by atoms with E-state index in [1.54, 1.807) is 0 Å². The molecular formula is C22H29OSi. The number of hydrogen-bond donors (Lipinski definition) is 0. The normalized spacial score (nSPS) is 24.5. The van der Waals surface area contributed by atoms with Crippen LogP contribution in [0.3, 0.4) is 0 Å². The van der Waals surface area contributed by atoms with Crippen molar-refractivity contribution in [3.05, 3.63) is 60.7 Å². The second-order valence-electron chi connectivity index (χ2n) is 7.54. The molecule has 0 aromatic heterocycles. The molecule has 0 bridgehead atoms. The molecule has 0 N–H and O–H groups in total. The minimum absolute atomic E-state index is 0.392. The zero-order chi connectivity index (χ0) is 16.9. The molecule has 1 aliphatic carbocycles. The van der Waals surface area contributed by atoms with Crippen LogP contribution in [0, 0.1) is 17.8 Å². The molecule has 0 unspecified atom stereocenters. The zero-order valence-electron chi connectivity index (χ0n) is 15.1. The molecule has 0 heterocycles. The highest BCUT2D eigenvalue weighted by Gasteiger charge is 2.34. The average Bonchev–Trinajstić information content (AvgIpc) is 2.61. The Bertz CT molecular complexity index is 571. The molecule has 2 heteroatoms. The van der Waals surface area contributed by atoms with Crippen molar-refractivity contribution in [2.24, 2.45) is 17.8 Å². The van der Waals surface area contributed by atoms with E-state index in [-0.39, 0.29) is 0 Å². The minimum atomic E-state index is -1.19. The monoisotopic (exact) mass is 337 g/mol. The zero-order valence-corrected chi connectivity index (χ0v) is 16.1. The summed E-state index contributed by atoms with van der Waals surface area (Å²) >= 11 is 0. The van der Waals surface area contributed by atoms with Gasteiger partial charge in [-0.15, -0.1) is 0 Å². The number of hydrogen-bond acceptors (Lipinski definition) is 1. The largest absolute Gasteiger partial charge is 0.404 e. The van der Waals surface area contributed by atoms with Gasteiger partial charge in [0.2, 0.25) is 0 Å². The average molecular weight is 338 g/mol. The molecular weight excluding hydrogens is 308 g/mol. The summed E-state index contributed by atoms with van der Waals surface area (Å²) in [4.78, 5) is 0. The first-order valence-corrected chi connectivity index (χ1v) is 10.7. The maximum Gasteiger partial charge on any atom is 0.283 e. The van der Waals surface area contributed by atoms with Gasteiger partial charge in [-0.2, -0.15) is 0 Å². The van der Waals surface area contributed by atoms with Crippen molar-refractivity contribution in [3.8, 4) is 0 Å². The Morgan fingerprint density at radius 2 is 1.42 bits per heavy atom. The van der Waals surface area contributed by atoms with Crippen molar-refractivity contribution < 1.29 is 4.43 Å². The van der Waals surface area contributed by atoms with Gasteiger partial charge in [-0.05, 0) is 41.0 Å². The van der Waals surface area contributed by atoms with Gasteiger partial charge >= 0.3 is 0 Å². The van der Waals surface area contributed by atoms with Crippen LogP contribution in [0.5, 0.6) is 0 Å². The first-order chi connectivity index (χ1) is 11.6. The van der Waals surface area contributed by atoms with Crippen molar-refractivity contribution >= 4 is 19.4 Å². The van der Waals surface area contributed by atoms with Crippen molar-refractivity contribution in [2.75, 3.05) is 0 Å². The second-order valence-corrected chi connectivity index (χ2v) is 9.59. The first kappa shape index (κ1) is 17.4. The van der Waals surface area contributed by atoms with Gasteiger partial charge in [0, 0.05) is 6.10 Å². The Hall–Kier alpha value is -1.38. The highest BCUT2D eigenvalue weighted by atomic mass is 28.3. The van der Waals surface area contributed by atoms with E-state index < -0.39 is 9.04 Å². The molecule has 1 saturated carbocycles. The predicted molar refractivity (Wildman–Crippen MR) is 104 cm³/mol. The Morgan fingerprint density at radius 1 is 0.875 bits per heavy atom. The van der Waals surface area contributed by atoms with Crippen LogP contribution in [0.25, 0.3) is 0 Å². The summed E-state index contributed by atoms with van der Waals surface area (Å²) in [5.74, 6) is 2.16. The van der Waals surface area contributed by atoms with Gasteiger partial charge in [0.15, 0.2) is 0 Å². The second kappa shape index (κ2) is 8.13. The van der Waals surface area contributed by atoms with E-state index >= 15 is 0 Å². The summed E-state index contributed by atoms with van der Waals surface area (Å²) in [5.41, 5.74) is 0. The fraction of sp³-hybridized carbons (Fsp3) is 0.455. The van der Waals surface area contributed by atoms with Gasteiger partial charge in [0.05, 0.1) is 0 Å². The van der Waals surface area contributed by atoms with Gasteiger partial charge in [0.1, 0.15) is 0 Å². The van der Waals surface area contributed by atoms with Gasteiger partial charge in [0.25, 0.3) is 9.04 Å². The lowest BCUT2D eigenvalue weighted by molar-refractivity contribution is 0.0475. The Kier molecular flexibility index (Phi) is 5.91. The summed E-state index contributed by atoms with van der Waals surface area (Å²) in [5, 5.41) is 2.71. The molecule has 0 saturated heterocycles. The fourth-order valence-corrected chi connectivity index (χ4v) is 6.05. The predicted octanol–water partition coefficient (Wildman–Crippen LogP) is 4.27. The summed E-state index contributed by atoms with van der Waals surface area (Å²) < 4.78 is 6.91. The molecule has 3 atom stereocenters. The van der Waals surface area contributed by atoms with Crippen molar-refractivity contribution in [3.63, 3.8) is 0 Å². The van der Waals surface area contributed by atoms with Crippen molar-refractivity contribution in [1.29, 1.82) is 0 Å². The molecule has 0 spiro atoms. The maximum absolute atomic E-state index is 6.91. The quantitative estimate of drug-likeness (QED) is 0.740. The van der Waals surface area contributed by atoms with Gasteiger partial charge in [-0.3, -0.25) is 0 Å². The van der Waals surface area contributed by atoms with E-state index in [0.717, 1.165) is 5.92 Å². The van der Waals surface area contributed by atoms with Crippen LogP contribution in [0.4, 0.5) is 0 Å². The standard InChI is InChI=1S/C22H29OSi/c1-17(2)21-15-14-18(3)16-22(21)23-24(19-10-6-4-7-11-19)20-12-8-5-9-13-20/h4-13,17-18,21-22H,14-16H2,1-3H3/t18-,21+,22-/m1/s1. The minimum Gasteiger partial charge on any atom is -0.404 e. The third kappa shape index (κ3) is 4.17. The number of rotatable bonds is 5. The molecule has 24 heavy (non-hydrogen) atoms. The molecule has 0 amide bonds. The molecule has 0 aliphatic heterocycles. The van der Waals surface area contributed by atoms with Crippen LogP contribution in [0.15, 0.2) is 60.7 Å². The molecule has 1 fully saturated rings. The van der Waals surface area contributed by atoms with E-state index in [1.807, 2.05) is 0 Å².